The van der Waals surface area contributed by atoms with E-state index in [4.69, 9.17) is 4.74 Å². The fourth-order valence-electron chi connectivity index (χ4n) is 2.30. The third kappa shape index (κ3) is 2.24. The van der Waals surface area contributed by atoms with E-state index in [2.05, 4.69) is 10.3 Å². The first-order valence-electron chi connectivity index (χ1n) is 6.30. The maximum absolute atomic E-state index is 12.0. The summed E-state index contributed by atoms with van der Waals surface area (Å²) < 4.78 is 5.47. The number of ether oxygens (including phenoxy) is 1. The fourth-order valence-corrected chi connectivity index (χ4v) is 2.30. The zero-order valence-corrected chi connectivity index (χ0v) is 10.1. The van der Waals surface area contributed by atoms with E-state index in [1.807, 2.05) is 30.3 Å². The van der Waals surface area contributed by atoms with Crippen molar-refractivity contribution in [2.75, 3.05) is 13.2 Å². The van der Waals surface area contributed by atoms with Crippen LogP contribution in [-0.2, 0) is 4.74 Å². The Morgan fingerprint density at radius 3 is 3.11 bits per heavy atom. The lowest BCUT2D eigenvalue weighted by Gasteiger charge is -2.09. The molecule has 1 amide bonds. The number of nitrogens with one attached hydrogen (secondary N) is 2. The van der Waals surface area contributed by atoms with Crippen LogP contribution in [0.3, 0.4) is 0 Å². The normalized spacial score (nSPS) is 19.2. The molecule has 0 saturated carbocycles. The van der Waals surface area contributed by atoms with E-state index in [-0.39, 0.29) is 12.0 Å². The summed E-state index contributed by atoms with van der Waals surface area (Å²) in [6, 6.07) is 9.74. The summed E-state index contributed by atoms with van der Waals surface area (Å²) in [4.78, 5) is 15.1. The number of para-hydroxylation sites is 1. The number of H-pyrrole nitrogens is 1. The highest BCUT2D eigenvalue weighted by atomic mass is 16.5. The van der Waals surface area contributed by atoms with Crippen LogP contribution in [0, 0.1) is 0 Å². The van der Waals surface area contributed by atoms with E-state index in [0.717, 1.165) is 30.4 Å². The number of benzene rings is 1. The number of amides is 1. The maximum Gasteiger partial charge on any atom is 0.267 e. The van der Waals surface area contributed by atoms with E-state index in [1.54, 1.807) is 0 Å². The Morgan fingerprint density at radius 2 is 2.33 bits per heavy atom. The largest absolute Gasteiger partial charge is 0.376 e. The molecule has 3 rings (SSSR count). The van der Waals surface area contributed by atoms with Crippen molar-refractivity contribution in [3.8, 4) is 0 Å². The Bertz CT molecular complexity index is 523. The Hall–Kier alpha value is -1.81. The van der Waals surface area contributed by atoms with Gasteiger partial charge in [0, 0.05) is 24.1 Å². The Kier molecular flexibility index (Phi) is 3.02. The van der Waals surface area contributed by atoms with Crippen LogP contribution in [0.5, 0.6) is 0 Å². The van der Waals surface area contributed by atoms with Crippen molar-refractivity contribution in [2.24, 2.45) is 0 Å². The average molecular weight is 244 g/mol. The summed E-state index contributed by atoms with van der Waals surface area (Å²) in [5, 5.41) is 3.96. The van der Waals surface area contributed by atoms with Gasteiger partial charge >= 0.3 is 0 Å². The predicted molar refractivity (Wildman–Crippen MR) is 69.6 cm³/mol. The summed E-state index contributed by atoms with van der Waals surface area (Å²) in [6.07, 6.45) is 2.30. The second kappa shape index (κ2) is 4.82. The summed E-state index contributed by atoms with van der Waals surface area (Å²) in [7, 11) is 0. The van der Waals surface area contributed by atoms with Crippen LogP contribution in [0.4, 0.5) is 0 Å². The number of hydrogen-bond acceptors (Lipinski definition) is 2. The number of aromatic nitrogens is 1. The lowest BCUT2D eigenvalue weighted by Crippen LogP contribution is -2.31. The van der Waals surface area contributed by atoms with Gasteiger partial charge in [-0.1, -0.05) is 18.2 Å². The van der Waals surface area contributed by atoms with Crippen molar-refractivity contribution in [1.82, 2.24) is 10.3 Å². The molecular formula is C14H16N2O2. The molecule has 2 heterocycles. The lowest BCUT2D eigenvalue weighted by atomic mass is 10.2. The summed E-state index contributed by atoms with van der Waals surface area (Å²) in [5.41, 5.74) is 1.59. The van der Waals surface area contributed by atoms with Gasteiger partial charge in [0.05, 0.1) is 6.10 Å². The van der Waals surface area contributed by atoms with Gasteiger partial charge in [-0.15, -0.1) is 0 Å². The van der Waals surface area contributed by atoms with Gasteiger partial charge in [0.25, 0.3) is 5.91 Å². The molecule has 1 aromatic carbocycles. The van der Waals surface area contributed by atoms with Crippen molar-refractivity contribution >= 4 is 16.8 Å². The summed E-state index contributed by atoms with van der Waals surface area (Å²) >= 11 is 0. The SMILES string of the molecule is O=C(NC[C@@H]1CCCO1)c1cc2ccccc2[nH]1. The molecule has 1 atom stereocenters. The van der Waals surface area contributed by atoms with Crippen LogP contribution < -0.4 is 5.32 Å². The number of carbonyl (C=O) groups is 1. The van der Waals surface area contributed by atoms with Crippen molar-refractivity contribution < 1.29 is 9.53 Å². The molecule has 4 heteroatoms. The molecule has 94 valence electrons. The minimum Gasteiger partial charge on any atom is -0.376 e. The quantitative estimate of drug-likeness (QED) is 0.868. The van der Waals surface area contributed by atoms with Crippen molar-refractivity contribution in [3.05, 3.63) is 36.0 Å². The molecule has 0 unspecified atom stereocenters. The molecule has 0 bridgehead atoms. The van der Waals surface area contributed by atoms with Gasteiger partial charge in [0.15, 0.2) is 0 Å². The summed E-state index contributed by atoms with van der Waals surface area (Å²) in [6.45, 7) is 1.40. The molecule has 1 aromatic heterocycles. The highest BCUT2D eigenvalue weighted by Gasteiger charge is 2.17. The zero-order valence-electron chi connectivity index (χ0n) is 10.1. The van der Waals surface area contributed by atoms with E-state index < -0.39 is 0 Å². The highest BCUT2D eigenvalue weighted by Crippen LogP contribution is 2.15. The second-order valence-electron chi connectivity index (χ2n) is 4.62. The molecule has 0 spiro atoms. The molecule has 2 aromatic rings. The van der Waals surface area contributed by atoms with Gasteiger partial charge in [-0.3, -0.25) is 4.79 Å². The van der Waals surface area contributed by atoms with Crippen LogP contribution in [-0.4, -0.2) is 30.1 Å². The van der Waals surface area contributed by atoms with Crippen molar-refractivity contribution in [1.29, 1.82) is 0 Å². The van der Waals surface area contributed by atoms with Gasteiger partial charge in [-0.25, -0.2) is 0 Å². The Labute approximate surface area is 105 Å². The number of hydrogen-bond donors (Lipinski definition) is 2. The lowest BCUT2D eigenvalue weighted by molar-refractivity contribution is 0.0854. The molecule has 1 saturated heterocycles. The van der Waals surface area contributed by atoms with E-state index >= 15 is 0 Å². The number of aromatic amines is 1. The van der Waals surface area contributed by atoms with Gasteiger partial charge in [-0.05, 0) is 25.0 Å². The van der Waals surface area contributed by atoms with Gasteiger partial charge in [0.2, 0.25) is 0 Å². The van der Waals surface area contributed by atoms with Crippen LogP contribution in [0.15, 0.2) is 30.3 Å². The number of rotatable bonds is 3. The van der Waals surface area contributed by atoms with Crippen LogP contribution in [0.2, 0.25) is 0 Å². The Balaban J connectivity index is 1.67. The minimum atomic E-state index is -0.0679. The van der Waals surface area contributed by atoms with Crippen molar-refractivity contribution in [2.45, 2.75) is 18.9 Å². The van der Waals surface area contributed by atoms with Crippen molar-refractivity contribution in [3.63, 3.8) is 0 Å². The second-order valence-corrected chi connectivity index (χ2v) is 4.62. The van der Waals surface area contributed by atoms with Gasteiger partial charge in [-0.2, -0.15) is 0 Å². The minimum absolute atomic E-state index is 0.0679. The first-order valence-corrected chi connectivity index (χ1v) is 6.30. The molecule has 0 aliphatic carbocycles. The predicted octanol–water partition coefficient (Wildman–Crippen LogP) is 2.08. The molecule has 2 N–H and O–H groups in total. The van der Waals surface area contributed by atoms with E-state index in [9.17, 15) is 4.79 Å². The van der Waals surface area contributed by atoms with E-state index in [0.29, 0.717) is 12.2 Å². The molecule has 1 aliphatic rings. The third-order valence-corrected chi connectivity index (χ3v) is 3.29. The molecular weight excluding hydrogens is 228 g/mol. The van der Waals surface area contributed by atoms with Crippen LogP contribution in [0.1, 0.15) is 23.3 Å². The average Bonchev–Trinajstić information content (AvgIpc) is 3.04. The fraction of sp³-hybridized carbons (Fsp3) is 0.357. The Morgan fingerprint density at radius 1 is 1.44 bits per heavy atom. The first-order chi connectivity index (χ1) is 8.83. The molecule has 1 aliphatic heterocycles. The summed E-state index contributed by atoms with van der Waals surface area (Å²) in [5.74, 6) is -0.0679. The maximum atomic E-state index is 12.0. The van der Waals surface area contributed by atoms with E-state index in [1.165, 1.54) is 0 Å². The molecule has 18 heavy (non-hydrogen) atoms. The first kappa shape index (κ1) is 11.3. The van der Waals surface area contributed by atoms with Crippen LogP contribution in [0.25, 0.3) is 10.9 Å². The topological polar surface area (TPSA) is 54.1 Å². The van der Waals surface area contributed by atoms with Gasteiger partial charge in [0.1, 0.15) is 5.69 Å². The number of fused-ring (bicyclic) bond motifs is 1. The zero-order chi connectivity index (χ0) is 12.4. The van der Waals surface area contributed by atoms with Crippen LogP contribution >= 0.6 is 0 Å². The monoisotopic (exact) mass is 244 g/mol. The third-order valence-electron chi connectivity index (χ3n) is 3.29. The van der Waals surface area contributed by atoms with Gasteiger partial charge < -0.3 is 15.0 Å². The number of carbonyl (C=O) groups excluding carboxylic acids is 1. The highest BCUT2D eigenvalue weighted by molar-refractivity contribution is 5.97. The molecule has 1 fully saturated rings. The molecule has 0 radical (unpaired) electrons. The molecule has 4 nitrogen and oxygen atoms in total. The smallest absolute Gasteiger partial charge is 0.267 e. The standard InChI is InChI=1S/C14H16N2O2/c17-14(15-9-11-5-3-7-18-11)13-8-10-4-1-2-6-12(10)16-13/h1-2,4,6,8,11,16H,3,5,7,9H2,(H,15,17)/t11-/m0/s1.